The topological polar surface area (TPSA) is 34.4 Å². The van der Waals surface area contributed by atoms with Crippen LogP contribution < -0.4 is 10.1 Å². The predicted octanol–water partition coefficient (Wildman–Crippen LogP) is 5.77. The zero-order valence-corrected chi connectivity index (χ0v) is 15.8. The van der Waals surface area contributed by atoms with E-state index in [-0.39, 0.29) is 12.2 Å². The summed E-state index contributed by atoms with van der Waals surface area (Å²) in [5, 5.41) is 3.91. The smallest absolute Gasteiger partial charge is 0.131 e. The molecule has 26 heavy (non-hydrogen) atoms. The fraction of sp³-hybridized carbons (Fsp3) is 0.105. The molecule has 0 aliphatic rings. The zero-order chi connectivity index (χ0) is 18.5. The third-order valence-electron chi connectivity index (χ3n) is 3.62. The van der Waals surface area contributed by atoms with Gasteiger partial charge < -0.3 is 14.5 Å². The molecule has 0 amide bonds. The van der Waals surface area contributed by atoms with Gasteiger partial charge in [-0.05, 0) is 42.5 Å². The Bertz CT molecular complexity index is 896. The predicted molar refractivity (Wildman–Crippen MR) is 104 cm³/mol. The Morgan fingerprint density at radius 2 is 2.00 bits per heavy atom. The molecular formula is C19H14Cl2FNO2S. The van der Waals surface area contributed by atoms with Crippen LogP contribution in [0.2, 0.25) is 10.0 Å². The van der Waals surface area contributed by atoms with Gasteiger partial charge in [0.25, 0.3) is 0 Å². The van der Waals surface area contributed by atoms with E-state index in [4.69, 9.17) is 44.6 Å². The fourth-order valence-electron chi connectivity index (χ4n) is 2.30. The molecule has 0 saturated carbocycles. The van der Waals surface area contributed by atoms with E-state index in [2.05, 4.69) is 5.32 Å². The summed E-state index contributed by atoms with van der Waals surface area (Å²) in [6.45, 7) is 0.401. The van der Waals surface area contributed by atoms with Gasteiger partial charge in [0.2, 0.25) is 0 Å². The molecule has 7 heteroatoms. The normalized spacial score (nSPS) is 10.6. The minimum absolute atomic E-state index is 0.0268. The van der Waals surface area contributed by atoms with Gasteiger partial charge in [-0.25, -0.2) is 4.39 Å². The van der Waals surface area contributed by atoms with E-state index in [1.807, 2.05) is 6.07 Å². The second-order valence-corrected chi connectivity index (χ2v) is 6.64. The van der Waals surface area contributed by atoms with Crippen LogP contribution >= 0.6 is 35.4 Å². The van der Waals surface area contributed by atoms with Crippen LogP contribution in [0.3, 0.4) is 0 Å². The Morgan fingerprint density at radius 3 is 2.73 bits per heavy atom. The van der Waals surface area contributed by atoms with Crippen LogP contribution in [0.15, 0.2) is 59.2 Å². The van der Waals surface area contributed by atoms with E-state index in [9.17, 15) is 4.39 Å². The first-order valence-electron chi connectivity index (χ1n) is 7.70. The second-order valence-electron chi connectivity index (χ2n) is 5.39. The second kappa shape index (κ2) is 8.54. The average molecular weight is 410 g/mol. The lowest BCUT2D eigenvalue weighted by molar-refractivity contribution is 0.299. The number of benzene rings is 2. The van der Waals surface area contributed by atoms with Gasteiger partial charge in [-0.3, -0.25) is 0 Å². The van der Waals surface area contributed by atoms with Crippen LogP contribution in [0.5, 0.6) is 5.75 Å². The van der Waals surface area contributed by atoms with Crippen molar-refractivity contribution in [2.24, 2.45) is 0 Å². The Hall–Kier alpha value is -2.08. The van der Waals surface area contributed by atoms with Crippen LogP contribution in [0, 0.1) is 5.82 Å². The number of nitrogens with one attached hydrogen (secondary N) is 1. The molecule has 1 N–H and O–H groups in total. The van der Waals surface area contributed by atoms with Gasteiger partial charge >= 0.3 is 0 Å². The van der Waals surface area contributed by atoms with Crippen LogP contribution in [0.25, 0.3) is 0 Å². The molecule has 0 aliphatic heterocycles. The molecule has 3 rings (SSSR count). The van der Waals surface area contributed by atoms with Gasteiger partial charge in [-0.15, -0.1) is 0 Å². The van der Waals surface area contributed by atoms with Crippen LogP contribution in [0.1, 0.15) is 16.9 Å². The number of ether oxygens (including phenoxy) is 1. The van der Waals surface area contributed by atoms with Crippen molar-refractivity contribution in [1.29, 1.82) is 0 Å². The maximum absolute atomic E-state index is 13.9. The van der Waals surface area contributed by atoms with Crippen molar-refractivity contribution in [2.45, 2.75) is 13.2 Å². The van der Waals surface area contributed by atoms with Gasteiger partial charge in [-0.1, -0.05) is 41.5 Å². The highest BCUT2D eigenvalue weighted by atomic mass is 35.5. The molecule has 1 aromatic heterocycles. The first-order valence-corrected chi connectivity index (χ1v) is 8.87. The van der Waals surface area contributed by atoms with E-state index < -0.39 is 5.82 Å². The van der Waals surface area contributed by atoms with Crippen molar-refractivity contribution in [3.05, 3.63) is 87.5 Å². The van der Waals surface area contributed by atoms with Gasteiger partial charge in [0, 0.05) is 10.6 Å². The third-order valence-corrected chi connectivity index (χ3v) is 4.58. The quantitative estimate of drug-likeness (QED) is 0.524. The van der Waals surface area contributed by atoms with E-state index in [1.54, 1.807) is 42.7 Å². The first kappa shape index (κ1) is 18.7. The van der Waals surface area contributed by atoms with Gasteiger partial charge in [0.1, 0.15) is 28.9 Å². The Balaban J connectivity index is 1.76. The first-order chi connectivity index (χ1) is 12.5. The lowest BCUT2D eigenvalue weighted by Crippen LogP contribution is -2.22. The van der Waals surface area contributed by atoms with Crippen LogP contribution in [0.4, 0.5) is 4.39 Å². The number of thiocarbonyl (C=S) groups is 1. The lowest BCUT2D eigenvalue weighted by Gasteiger charge is -2.14. The molecule has 1 heterocycles. The van der Waals surface area contributed by atoms with E-state index in [1.165, 1.54) is 6.07 Å². The number of halogens is 3. The zero-order valence-electron chi connectivity index (χ0n) is 13.5. The molecule has 3 aromatic rings. The molecule has 0 saturated heterocycles. The molecule has 0 unspecified atom stereocenters. The third kappa shape index (κ3) is 4.55. The van der Waals surface area contributed by atoms with Crippen molar-refractivity contribution >= 4 is 40.4 Å². The summed E-state index contributed by atoms with van der Waals surface area (Å²) in [5.41, 5.74) is 0.885. The van der Waals surface area contributed by atoms with Gasteiger partial charge in [0.05, 0.1) is 23.4 Å². The van der Waals surface area contributed by atoms with Crippen molar-refractivity contribution in [1.82, 2.24) is 5.32 Å². The van der Waals surface area contributed by atoms with Gasteiger partial charge in [0.15, 0.2) is 0 Å². The maximum atomic E-state index is 13.9. The molecule has 0 spiro atoms. The molecule has 134 valence electrons. The Labute approximate surface area is 165 Å². The fourth-order valence-corrected chi connectivity index (χ4v) is 2.92. The number of hydrogen-bond acceptors (Lipinski definition) is 3. The minimum Gasteiger partial charge on any atom is -0.488 e. The molecule has 0 aliphatic carbocycles. The molecular weight excluding hydrogens is 396 g/mol. The number of hydrogen-bond donors (Lipinski definition) is 1. The molecule has 2 aromatic carbocycles. The van der Waals surface area contributed by atoms with E-state index in [0.717, 1.165) is 5.76 Å². The van der Waals surface area contributed by atoms with Crippen molar-refractivity contribution < 1.29 is 13.5 Å². The average Bonchev–Trinajstić information content (AvgIpc) is 3.14. The van der Waals surface area contributed by atoms with Crippen LogP contribution in [-0.2, 0) is 13.2 Å². The molecule has 3 nitrogen and oxygen atoms in total. The highest BCUT2D eigenvalue weighted by molar-refractivity contribution is 7.80. The standard InChI is InChI=1S/C19H14Cl2FNO2S/c20-12-6-7-18(25-11-15-16(21)4-1-5-17(15)22)14(9-12)19(26)23-10-13-3-2-8-24-13/h1-9H,10-11H2,(H,23,26). The van der Waals surface area contributed by atoms with Crippen LogP contribution in [-0.4, -0.2) is 4.99 Å². The summed E-state index contributed by atoms with van der Waals surface area (Å²) in [6.07, 6.45) is 1.59. The van der Waals surface area contributed by atoms with Crippen molar-refractivity contribution in [3.8, 4) is 5.75 Å². The lowest BCUT2D eigenvalue weighted by atomic mass is 10.2. The maximum Gasteiger partial charge on any atom is 0.131 e. The summed E-state index contributed by atoms with van der Waals surface area (Å²) >= 11 is 17.6. The highest BCUT2D eigenvalue weighted by Crippen LogP contribution is 2.26. The number of furan rings is 1. The molecule has 0 fully saturated rings. The summed E-state index contributed by atoms with van der Waals surface area (Å²) in [7, 11) is 0. The van der Waals surface area contributed by atoms with Gasteiger partial charge in [-0.2, -0.15) is 0 Å². The van der Waals surface area contributed by atoms with E-state index >= 15 is 0 Å². The van der Waals surface area contributed by atoms with E-state index in [0.29, 0.717) is 32.9 Å². The molecule has 0 bridgehead atoms. The summed E-state index contributed by atoms with van der Waals surface area (Å²) < 4.78 is 25.0. The summed E-state index contributed by atoms with van der Waals surface area (Å²) in [6, 6.07) is 13.2. The summed E-state index contributed by atoms with van der Waals surface area (Å²) in [5.74, 6) is 0.798. The monoisotopic (exact) mass is 409 g/mol. The summed E-state index contributed by atoms with van der Waals surface area (Å²) in [4.78, 5) is 0.443. The minimum atomic E-state index is -0.425. The molecule has 0 radical (unpaired) electrons. The van der Waals surface area contributed by atoms with Crippen molar-refractivity contribution in [3.63, 3.8) is 0 Å². The van der Waals surface area contributed by atoms with Crippen molar-refractivity contribution in [2.75, 3.05) is 0 Å². The number of rotatable bonds is 6. The largest absolute Gasteiger partial charge is 0.488 e. The Morgan fingerprint density at radius 1 is 1.15 bits per heavy atom. The highest BCUT2D eigenvalue weighted by Gasteiger charge is 2.13. The SMILES string of the molecule is Fc1cccc(Cl)c1COc1ccc(Cl)cc1C(=S)NCc1ccco1. The Kier molecular flexibility index (Phi) is 6.14. The molecule has 0 atom stereocenters.